The highest BCUT2D eigenvalue weighted by atomic mass is 19.4. The number of rotatable bonds is 4. The summed E-state index contributed by atoms with van der Waals surface area (Å²) in [6.07, 6.45) is -5.45. The van der Waals surface area contributed by atoms with Gasteiger partial charge in [0.25, 0.3) is 22.9 Å². The maximum atomic E-state index is 14.6. The molecule has 0 spiro atoms. The second kappa shape index (κ2) is 8.64. The molecule has 3 aromatic rings. The average molecular weight is 516 g/mol. The van der Waals surface area contributed by atoms with Gasteiger partial charge in [-0.3, -0.25) is 19.4 Å². The number of hydrogen-bond acceptors (Lipinski definition) is 5. The average Bonchev–Trinajstić information content (AvgIpc) is 3.12. The topological polar surface area (TPSA) is 122 Å². The van der Waals surface area contributed by atoms with Gasteiger partial charge in [-0.15, -0.1) is 0 Å². The van der Waals surface area contributed by atoms with E-state index in [4.69, 9.17) is 4.74 Å². The number of aromatic amines is 1. The monoisotopic (exact) mass is 516 g/mol. The molecule has 4 rings (SSSR count). The molecule has 12 heteroatoms. The molecule has 2 aromatic carbocycles. The molecule has 1 aliphatic rings. The summed E-state index contributed by atoms with van der Waals surface area (Å²) in [7, 11) is 1.40. The van der Waals surface area contributed by atoms with Crippen LogP contribution < -0.4 is 26.6 Å². The van der Waals surface area contributed by atoms with Gasteiger partial charge in [0.2, 0.25) is 0 Å². The van der Waals surface area contributed by atoms with Crippen molar-refractivity contribution in [2.24, 2.45) is 0 Å². The number of H-pyrrole nitrogens is 1. The van der Waals surface area contributed by atoms with Crippen molar-refractivity contribution in [2.75, 3.05) is 12.4 Å². The lowest BCUT2D eigenvalue weighted by molar-refractivity contribution is -0.196. The van der Waals surface area contributed by atoms with Crippen LogP contribution in [0.25, 0.3) is 5.69 Å². The Kier molecular flexibility index (Phi) is 6.01. The number of carbonyl (C=O) groups excluding carboxylic acids is 2. The van der Waals surface area contributed by atoms with Gasteiger partial charge >= 0.3 is 11.9 Å². The second-order valence-electron chi connectivity index (χ2n) is 9.50. The Balaban J connectivity index is 1.88. The standard InChI is InChI=1S/C25H23F3N4O5/c1-23(2,3)14-7-5-13(6-8-14)19(33)31-24(25(26,27)28)17-18(29-21(24)35)32(22(36)30-20(17)34)15-9-11-16(37-4)12-10-15/h5-12H,1-4H3,(H,29,35)(H,31,33)(H,30,34,36)/t24-/m1/s1. The van der Waals surface area contributed by atoms with Gasteiger partial charge in [0.05, 0.1) is 12.8 Å². The van der Waals surface area contributed by atoms with Gasteiger partial charge in [0.1, 0.15) is 17.1 Å². The molecule has 9 nitrogen and oxygen atoms in total. The van der Waals surface area contributed by atoms with E-state index < -0.39 is 46.2 Å². The summed E-state index contributed by atoms with van der Waals surface area (Å²) < 4.78 is 49.6. The number of ether oxygens (including phenoxy) is 1. The van der Waals surface area contributed by atoms with Crippen LogP contribution >= 0.6 is 0 Å². The molecule has 0 saturated carbocycles. The molecule has 1 atom stereocenters. The Hall–Kier alpha value is -4.35. The summed E-state index contributed by atoms with van der Waals surface area (Å²) in [6, 6.07) is 11.4. The van der Waals surface area contributed by atoms with Crippen molar-refractivity contribution in [3.8, 4) is 11.4 Å². The van der Waals surface area contributed by atoms with Crippen molar-refractivity contribution >= 4 is 17.6 Å². The van der Waals surface area contributed by atoms with Gasteiger partial charge in [-0.1, -0.05) is 32.9 Å². The lowest BCUT2D eigenvalue weighted by Crippen LogP contribution is -2.62. The third-order valence-corrected chi connectivity index (χ3v) is 6.13. The molecule has 194 valence electrons. The van der Waals surface area contributed by atoms with E-state index in [1.165, 1.54) is 43.5 Å². The molecule has 0 fully saturated rings. The van der Waals surface area contributed by atoms with E-state index in [0.29, 0.717) is 10.3 Å². The van der Waals surface area contributed by atoms with E-state index in [2.05, 4.69) is 0 Å². The van der Waals surface area contributed by atoms with E-state index in [1.807, 2.05) is 31.1 Å². The molecule has 0 radical (unpaired) electrons. The Morgan fingerprint density at radius 1 is 0.973 bits per heavy atom. The van der Waals surface area contributed by atoms with Gasteiger partial charge in [0.15, 0.2) is 0 Å². The first-order chi connectivity index (χ1) is 17.2. The van der Waals surface area contributed by atoms with Crippen LogP contribution in [-0.4, -0.2) is 34.7 Å². The number of anilines is 1. The first-order valence-electron chi connectivity index (χ1n) is 11.1. The molecule has 0 bridgehead atoms. The van der Waals surface area contributed by atoms with Gasteiger partial charge in [-0.25, -0.2) is 9.36 Å². The normalized spacial score (nSPS) is 17.2. The SMILES string of the molecule is COc1ccc(-n2c3c(c(=O)[nH]c2=O)[C@](NC(=O)c2ccc(C(C)(C)C)cc2)(C(F)(F)F)C(=O)N3)cc1. The molecule has 1 aliphatic heterocycles. The second-order valence-corrected chi connectivity index (χ2v) is 9.50. The van der Waals surface area contributed by atoms with E-state index in [9.17, 15) is 32.3 Å². The van der Waals surface area contributed by atoms with Crippen LogP contribution in [0, 0.1) is 0 Å². The van der Waals surface area contributed by atoms with Crippen LogP contribution in [0.3, 0.4) is 0 Å². The predicted octanol–water partition coefficient (Wildman–Crippen LogP) is 2.97. The zero-order valence-electron chi connectivity index (χ0n) is 20.2. The van der Waals surface area contributed by atoms with Gasteiger partial charge in [0, 0.05) is 5.56 Å². The number of nitrogens with zero attached hydrogens (tertiary/aromatic N) is 1. The number of alkyl halides is 3. The number of aromatic nitrogens is 2. The highest BCUT2D eigenvalue weighted by Gasteiger charge is 2.68. The molecule has 37 heavy (non-hydrogen) atoms. The Bertz CT molecular complexity index is 1500. The largest absolute Gasteiger partial charge is 0.497 e. The summed E-state index contributed by atoms with van der Waals surface area (Å²) in [5.41, 5.74) is -7.01. The van der Waals surface area contributed by atoms with Crippen molar-refractivity contribution in [3.05, 3.63) is 86.1 Å². The molecule has 2 amide bonds. The fourth-order valence-electron chi connectivity index (χ4n) is 4.12. The van der Waals surface area contributed by atoms with Gasteiger partial charge in [-0.2, -0.15) is 13.2 Å². The van der Waals surface area contributed by atoms with Crippen molar-refractivity contribution in [3.63, 3.8) is 0 Å². The zero-order chi connectivity index (χ0) is 27.3. The number of methoxy groups -OCH3 is 1. The number of hydrogen-bond donors (Lipinski definition) is 3. The molecule has 0 saturated heterocycles. The van der Waals surface area contributed by atoms with E-state index in [0.717, 1.165) is 5.56 Å². The van der Waals surface area contributed by atoms with E-state index in [-0.39, 0.29) is 16.7 Å². The van der Waals surface area contributed by atoms with Crippen LogP contribution in [-0.2, 0) is 15.7 Å². The number of benzene rings is 2. The van der Waals surface area contributed by atoms with Crippen molar-refractivity contribution in [1.82, 2.24) is 14.9 Å². The predicted molar refractivity (Wildman–Crippen MR) is 128 cm³/mol. The van der Waals surface area contributed by atoms with Crippen molar-refractivity contribution in [1.29, 1.82) is 0 Å². The molecular formula is C25H23F3N4O5. The lowest BCUT2D eigenvalue weighted by atomic mass is 9.86. The fraction of sp³-hybridized carbons (Fsp3) is 0.280. The molecular weight excluding hydrogens is 493 g/mol. The number of halogens is 3. The molecule has 3 N–H and O–H groups in total. The maximum absolute atomic E-state index is 14.6. The van der Waals surface area contributed by atoms with Crippen LogP contribution in [0.5, 0.6) is 5.75 Å². The number of carbonyl (C=O) groups is 2. The Labute approximate surface area is 208 Å². The molecule has 2 heterocycles. The highest BCUT2D eigenvalue weighted by molar-refractivity contribution is 6.09. The number of amides is 2. The molecule has 1 aromatic heterocycles. The Morgan fingerprint density at radius 2 is 1.57 bits per heavy atom. The minimum atomic E-state index is -5.45. The minimum absolute atomic E-state index is 0.0423. The third-order valence-electron chi connectivity index (χ3n) is 6.13. The first kappa shape index (κ1) is 25.7. The van der Waals surface area contributed by atoms with E-state index in [1.54, 1.807) is 17.4 Å². The molecule has 0 unspecified atom stereocenters. The van der Waals surface area contributed by atoms with Crippen LogP contribution in [0.1, 0.15) is 42.3 Å². The zero-order valence-corrected chi connectivity index (χ0v) is 20.2. The minimum Gasteiger partial charge on any atom is -0.497 e. The maximum Gasteiger partial charge on any atom is 0.425 e. The summed E-state index contributed by atoms with van der Waals surface area (Å²) in [4.78, 5) is 53.2. The van der Waals surface area contributed by atoms with E-state index >= 15 is 0 Å². The summed E-state index contributed by atoms with van der Waals surface area (Å²) in [5, 5.41) is 3.73. The van der Waals surface area contributed by atoms with Crippen LogP contribution in [0.15, 0.2) is 58.1 Å². The van der Waals surface area contributed by atoms with Crippen LogP contribution in [0.2, 0.25) is 0 Å². The quantitative estimate of drug-likeness (QED) is 0.492. The summed E-state index contributed by atoms with van der Waals surface area (Å²) in [5.74, 6) is -3.27. The molecule has 0 aliphatic carbocycles. The van der Waals surface area contributed by atoms with Crippen LogP contribution in [0.4, 0.5) is 19.0 Å². The third kappa shape index (κ3) is 4.17. The van der Waals surface area contributed by atoms with Gasteiger partial charge < -0.3 is 15.4 Å². The highest BCUT2D eigenvalue weighted by Crippen LogP contribution is 2.45. The summed E-state index contributed by atoms with van der Waals surface area (Å²) in [6.45, 7) is 5.78. The number of fused-ring (bicyclic) bond motifs is 1. The first-order valence-corrected chi connectivity index (χ1v) is 11.1. The Morgan fingerprint density at radius 3 is 2.08 bits per heavy atom. The summed E-state index contributed by atoms with van der Waals surface area (Å²) >= 11 is 0. The number of nitrogens with one attached hydrogen (secondary N) is 3. The van der Waals surface area contributed by atoms with Crippen molar-refractivity contribution in [2.45, 2.75) is 37.9 Å². The lowest BCUT2D eigenvalue weighted by Gasteiger charge is -2.30. The smallest absolute Gasteiger partial charge is 0.425 e. The fourth-order valence-corrected chi connectivity index (χ4v) is 4.12. The van der Waals surface area contributed by atoms with Gasteiger partial charge in [-0.05, 0) is 47.4 Å². The van der Waals surface area contributed by atoms with Crippen molar-refractivity contribution < 1.29 is 27.5 Å².